The van der Waals surface area contributed by atoms with Gasteiger partial charge in [-0.2, -0.15) is 0 Å². The molecule has 65 heavy (non-hydrogen) atoms. The van der Waals surface area contributed by atoms with Crippen LogP contribution in [0.4, 0.5) is 0 Å². The van der Waals surface area contributed by atoms with E-state index in [-0.39, 0.29) is 16.2 Å². The van der Waals surface area contributed by atoms with Gasteiger partial charge < -0.3 is 0 Å². The van der Waals surface area contributed by atoms with Crippen molar-refractivity contribution < 1.29 is 0 Å². The van der Waals surface area contributed by atoms with Crippen LogP contribution in [0.2, 0.25) is 0 Å². The first kappa shape index (κ1) is 43.6. The van der Waals surface area contributed by atoms with Crippen molar-refractivity contribution in [3.8, 4) is 22.3 Å². The van der Waals surface area contributed by atoms with E-state index in [1.165, 1.54) is 94.2 Å². The van der Waals surface area contributed by atoms with Gasteiger partial charge in [0.15, 0.2) is 0 Å². The number of allylic oxidation sites excluding steroid dienone is 1. The van der Waals surface area contributed by atoms with Gasteiger partial charge in [0, 0.05) is 8.95 Å². The van der Waals surface area contributed by atoms with Gasteiger partial charge in [0.1, 0.15) is 0 Å². The quantitative estimate of drug-likeness (QED) is 0.161. The molecule has 2 heteroatoms. The molecule has 1 unspecified atom stereocenters. The molecule has 2 aliphatic rings. The Kier molecular flexibility index (Phi) is 10.1. The third-order valence-corrected chi connectivity index (χ3v) is 15.6. The second kappa shape index (κ2) is 15.1. The maximum atomic E-state index is 4.32. The highest BCUT2D eigenvalue weighted by Gasteiger charge is 2.50. The minimum absolute atomic E-state index is 0.0186. The Morgan fingerprint density at radius 3 is 1.25 bits per heavy atom. The minimum Gasteiger partial charge on any atom is -0.0955 e. The largest absolute Gasteiger partial charge is 0.0955 e. The maximum absolute atomic E-state index is 4.32. The Labute approximate surface area is 404 Å². The number of hydrogen-bond acceptors (Lipinski definition) is 0. The zero-order valence-electron chi connectivity index (χ0n) is 39.5. The van der Waals surface area contributed by atoms with Gasteiger partial charge in [0.05, 0.1) is 10.8 Å². The fraction of sp³-hybridized carbons (Fsp3) is 0.238. The van der Waals surface area contributed by atoms with Crippen LogP contribution in [-0.2, 0) is 27.1 Å². The van der Waals surface area contributed by atoms with Crippen LogP contribution in [-0.4, -0.2) is 0 Å². The van der Waals surface area contributed by atoms with Gasteiger partial charge in [0.25, 0.3) is 0 Å². The lowest BCUT2D eigenvalue weighted by Crippen LogP contribution is -2.34. The molecule has 2 aliphatic carbocycles. The lowest BCUT2D eigenvalue weighted by Gasteiger charge is -2.43. The first-order valence-electron chi connectivity index (χ1n) is 23.1. The molecule has 8 aromatic rings. The van der Waals surface area contributed by atoms with Crippen LogP contribution in [0, 0.1) is 0 Å². The molecular weight excluding hydrogens is 917 g/mol. The van der Waals surface area contributed by atoms with E-state index < -0.39 is 10.8 Å². The van der Waals surface area contributed by atoms with Crippen molar-refractivity contribution in [1.29, 1.82) is 0 Å². The molecule has 0 heterocycles. The summed E-state index contributed by atoms with van der Waals surface area (Å²) >= 11 is 8.01. The van der Waals surface area contributed by atoms with Crippen molar-refractivity contribution in [1.82, 2.24) is 0 Å². The molecule has 0 N–H and O–H groups in total. The van der Waals surface area contributed by atoms with Crippen molar-refractivity contribution in [2.45, 2.75) is 96.3 Å². The van der Waals surface area contributed by atoms with E-state index in [0.29, 0.717) is 0 Å². The fourth-order valence-corrected chi connectivity index (χ4v) is 12.0. The van der Waals surface area contributed by atoms with Gasteiger partial charge in [-0.25, -0.2) is 0 Å². The molecule has 0 aromatic heterocycles. The molecular formula is C63H58Br2. The predicted octanol–water partition coefficient (Wildman–Crippen LogP) is 18.0. The van der Waals surface area contributed by atoms with E-state index in [9.17, 15) is 0 Å². The Hall–Kier alpha value is -5.28. The van der Waals surface area contributed by atoms with Crippen molar-refractivity contribution in [3.63, 3.8) is 0 Å². The van der Waals surface area contributed by atoms with Gasteiger partial charge in [-0.3, -0.25) is 0 Å². The molecule has 0 bridgehead atoms. The first-order valence-corrected chi connectivity index (χ1v) is 24.7. The Morgan fingerprint density at radius 1 is 0.415 bits per heavy atom. The van der Waals surface area contributed by atoms with E-state index in [1.807, 2.05) is 0 Å². The van der Waals surface area contributed by atoms with E-state index >= 15 is 0 Å². The second-order valence-corrected chi connectivity index (χ2v) is 23.6. The van der Waals surface area contributed by atoms with Crippen LogP contribution in [0.3, 0.4) is 0 Å². The summed E-state index contributed by atoms with van der Waals surface area (Å²) < 4.78 is 2.14. The smallest absolute Gasteiger partial charge is 0.0714 e. The molecule has 8 aromatic carbocycles. The highest BCUT2D eigenvalue weighted by Crippen LogP contribution is 2.63. The molecule has 0 spiro atoms. The monoisotopic (exact) mass is 972 g/mol. The third-order valence-electron chi connectivity index (χ3n) is 14.7. The Bertz CT molecular complexity index is 3140. The molecule has 0 amide bonds. The Balaban J connectivity index is 1.38. The molecule has 10 rings (SSSR count). The van der Waals surface area contributed by atoms with Crippen molar-refractivity contribution >= 4 is 48.2 Å². The van der Waals surface area contributed by atoms with Gasteiger partial charge in [-0.05, 0) is 153 Å². The summed E-state index contributed by atoms with van der Waals surface area (Å²) in [5, 5.41) is 2.59. The van der Waals surface area contributed by atoms with Crippen LogP contribution in [0.25, 0.3) is 38.6 Å². The van der Waals surface area contributed by atoms with E-state index in [1.54, 1.807) is 0 Å². The molecule has 324 valence electrons. The van der Waals surface area contributed by atoms with Crippen LogP contribution in [0.15, 0.2) is 173 Å². The normalized spacial score (nSPS) is 16.2. The highest BCUT2D eigenvalue weighted by atomic mass is 79.9. The molecule has 0 radical (unpaired) electrons. The molecule has 1 atom stereocenters. The summed E-state index contributed by atoms with van der Waals surface area (Å²) in [6, 6.07) is 61.6. The summed E-state index contributed by atoms with van der Waals surface area (Å²) in [7, 11) is 0. The van der Waals surface area contributed by atoms with Crippen LogP contribution in [0.5, 0.6) is 0 Å². The molecule has 0 nitrogen and oxygen atoms in total. The van der Waals surface area contributed by atoms with E-state index in [4.69, 9.17) is 0 Å². The van der Waals surface area contributed by atoms with Crippen molar-refractivity contribution in [2.75, 3.05) is 0 Å². The number of benzene rings is 8. The maximum Gasteiger partial charge on any atom is 0.0714 e. The molecule has 0 saturated heterocycles. The minimum atomic E-state index is -0.619. The average Bonchev–Trinajstić information content (AvgIpc) is 3.56. The summed E-state index contributed by atoms with van der Waals surface area (Å²) in [5.41, 5.74) is 20.3. The summed E-state index contributed by atoms with van der Waals surface area (Å²) in [6.07, 6.45) is 0. The SMILES string of the molecule is C=C(C)c1ccc(C2(c3ccc(C(C)(C)C)cc3)c3cc(Br)ccc3-c3c2cc2c4c(cccc34)C(c3ccc(C(C)(C)C)cc3)(c3ccc(C(C)(C)C)cc3)c3cc(Br)ccc3-2)cc1. The van der Waals surface area contributed by atoms with Gasteiger partial charge >= 0.3 is 0 Å². The number of fused-ring (bicyclic) bond motifs is 6. The fourth-order valence-electron chi connectivity index (χ4n) is 11.2. The topological polar surface area (TPSA) is 0 Å². The zero-order chi connectivity index (χ0) is 46.0. The predicted molar refractivity (Wildman–Crippen MR) is 285 cm³/mol. The number of rotatable bonds is 5. The standard InChI is InChI=1S/C63H58Br2/c1-38(2)39-15-17-43(18-16-39)63(46-29-23-42(24-30-46)61(9,10)11)55-36-48(65)32-34-50(55)57-51-13-12-14-53-58(51)52(37-56(57)63)49-33-31-47(64)35-54(49)62(53,44-25-19-40(20-26-44)59(3,4)5)45-27-21-41(22-28-45)60(6,7)8/h12-37H,1H2,2-11H3. The third kappa shape index (κ3) is 6.64. The first-order chi connectivity index (χ1) is 30.7. The summed E-state index contributed by atoms with van der Waals surface area (Å²) in [6.45, 7) is 27.1. The van der Waals surface area contributed by atoms with E-state index in [0.717, 1.165) is 20.1 Å². The van der Waals surface area contributed by atoms with Crippen LogP contribution in [0.1, 0.15) is 136 Å². The summed E-state index contributed by atoms with van der Waals surface area (Å²) in [5.74, 6) is 0. The van der Waals surface area contributed by atoms with Crippen molar-refractivity contribution in [3.05, 3.63) is 240 Å². The van der Waals surface area contributed by atoms with Gasteiger partial charge in [0.2, 0.25) is 0 Å². The number of hydrogen-bond donors (Lipinski definition) is 0. The van der Waals surface area contributed by atoms with Crippen LogP contribution >= 0.6 is 31.9 Å². The Morgan fingerprint density at radius 2 is 0.815 bits per heavy atom. The number of halogens is 2. The second-order valence-electron chi connectivity index (χ2n) is 21.8. The molecule has 0 aliphatic heterocycles. The average molecular weight is 975 g/mol. The van der Waals surface area contributed by atoms with Gasteiger partial charge in [-0.15, -0.1) is 0 Å². The molecule has 0 fully saturated rings. The highest BCUT2D eigenvalue weighted by molar-refractivity contribution is 9.10. The lowest BCUT2D eigenvalue weighted by atomic mass is 9.58. The van der Waals surface area contributed by atoms with Crippen LogP contribution < -0.4 is 0 Å². The summed E-state index contributed by atoms with van der Waals surface area (Å²) in [4.78, 5) is 0. The van der Waals surface area contributed by atoms with E-state index in [2.05, 4.69) is 265 Å². The molecule has 0 saturated carbocycles. The van der Waals surface area contributed by atoms with Gasteiger partial charge in [-0.1, -0.05) is 234 Å². The lowest BCUT2D eigenvalue weighted by molar-refractivity contribution is 0.588. The zero-order valence-corrected chi connectivity index (χ0v) is 42.6. The van der Waals surface area contributed by atoms with Crippen molar-refractivity contribution in [2.24, 2.45) is 0 Å².